The number of methoxy groups -OCH3 is 1. The molecule has 144 valence electrons. The molecule has 0 radical (unpaired) electrons. The standard InChI is InChI=1S/C21H22N4O2S/c1-14-12-16-6-4-5-7-18(16)25(14)19(26)13-28-21-23-22-20(24(21)2)15-8-10-17(27-3)11-9-15/h4-11,14H,12-13H2,1-3H3. The molecular weight excluding hydrogens is 372 g/mol. The van der Waals surface area contributed by atoms with Crippen LogP contribution >= 0.6 is 11.8 Å². The Kier molecular flexibility index (Phi) is 5.09. The number of carbonyl (C=O) groups excluding carboxylic acids is 1. The van der Waals surface area contributed by atoms with Gasteiger partial charge in [0, 0.05) is 24.3 Å². The van der Waals surface area contributed by atoms with Gasteiger partial charge in [0.25, 0.3) is 0 Å². The van der Waals surface area contributed by atoms with E-state index in [1.807, 2.05) is 59.0 Å². The lowest BCUT2D eigenvalue weighted by Gasteiger charge is -2.22. The molecule has 1 amide bonds. The third kappa shape index (κ3) is 3.38. The number of benzene rings is 2. The van der Waals surface area contributed by atoms with E-state index in [0.29, 0.717) is 5.75 Å². The van der Waals surface area contributed by atoms with Gasteiger partial charge in [-0.25, -0.2) is 0 Å². The number of rotatable bonds is 5. The lowest BCUT2D eigenvalue weighted by atomic mass is 10.1. The zero-order valence-corrected chi connectivity index (χ0v) is 16.9. The van der Waals surface area contributed by atoms with Crippen molar-refractivity contribution in [3.8, 4) is 17.1 Å². The number of fused-ring (bicyclic) bond motifs is 1. The van der Waals surface area contributed by atoms with Crippen LogP contribution in [-0.4, -0.2) is 39.6 Å². The number of ether oxygens (including phenoxy) is 1. The van der Waals surface area contributed by atoms with E-state index >= 15 is 0 Å². The van der Waals surface area contributed by atoms with Gasteiger partial charge in [-0.05, 0) is 49.2 Å². The Bertz CT molecular complexity index is 1000. The maximum absolute atomic E-state index is 12.9. The minimum absolute atomic E-state index is 0.0939. The molecule has 0 fully saturated rings. The highest BCUT2D eigenvalue weighted by molar-refractivity contribution is 7.99. The largest absolute Gasteiger partial charge is 0.497 e. The number of amides is 1. The van der Waals surface area contributed by atoms with E-state index in [4.69, 9.17) is 4.74 Å². The molecular formula is C21H22N4O2S. The van der Waals surface area contributed by atoms with E-state index in [2.05, 4.69) is 23.2 Å². The van der Waals surface area contributed by atoms with Gasteiger partial charge < -0.3 is 14.2 Å². The monoisotopic (exact) mass is 394 g/mol. The van der Waals surface area contributed by atoms with Gasteiger partial charge in [-0.1, -0.05) is 30.0 Å². The van der Waals surface area contributed by atoms with Gasteiger partial charge in [0.2, 0.25) is 5.91 Å². The fourth-order valence-corrected chi connectivity index (χ4v) is 4.34. The van der Waals surface area contributed by atoms with Crippen molar-refractivity contribution in [2.24, 2.45) is 7.05 Å². The van der Waals surface area contributed by atoms with E-state index in [0.717, 1.165) is 34.4 Å². The van der Waals surface area contributed by atoms with E-state index in [1.54, 1.807) is 7.11 Å². The first-order valence-electron chi connectivity index (χ1n) is 9.15. The Morgan fingerprint density at radius 2 is 1.93 bits per heavy atom. The molecule has 1 unspecified atom stereocenters. The maximum Gasteiger partial charge on any atom is 0.237 e. The van der Waals surface area contributed by atoms with Crippen molar-refractivity contribution in [1.29, 1.82) is 0 Å². The Labute approximate surface area is 168 Å². The normalized spacial score (nSPS) is 15.5. The van der Waals surface area contributed by atoms with Gasteiger partial charge in [-0.3, -0.25) is 4.79 Å². The molecule has 0 bridgehead atoms. The molecule has 6 nitrogen and oxygen atoms in total. The molecule has 0 spiro atoms. The molecule has 0 saturated carbocycles. The average molecular weight is 395 g/mol. The molecule has 1 aromatic heterocycles. The maximum atomic E-state index is 12.9. The molecule has 3 aromatic rings. The summed E-state index contributed by atoms with van der Waals surface area (Å²) in [6, 6.07) is 16.0. The zero-order valence-electron chi connectivity index (χ0n) is 16.1. The second kappa shape index (κ2) is 7.67. The molecule has 2 heterocycles. The molecule has 0 N–H and O–H groups in total. The van der Waals surface area contributed by atoms with E-state index in [1.165, 1.54) is 17.3 Å². The molecule has 7 heteroatoms. The first kappa shape index (κ1) is 18.6. The SMILES string of the molecule is COc1ccc(-c2nnc(SCC(=O)N3c4ccccc4CC3C)n2C)cc1. The average Bonchev–Trinajstić information content (AvgIpc) is 3.25. The van der Waals surface area contributed by atoms with Gasteiger partial charge in [0.05, 0.1) is 12.9 Å². The summed E-state index contributed by atoms with van der Waals surface area (Å²) < 4.78 is 7.12. The molecule has 0 aliphatic carbocycles. The van der Waals surface area contributed by atoms with E-state index in [-0.39, 0.29) is 11.9 Å². The van der Waals surface area contributed by atoms with Crippen LogP contribution in [0.15, 0.2) is 53.7 Å². The van der Waals surface area contributed by atoms with Crippen LogP contribution in [0, 0.1) is 0 Å². The van der Waals surface area contributed by atoms with Crippen LogP contribution in [0.3, 0.4) is 0 Å². The highest BCUT2D eigenvalue weighted by Crippen LogP contribution is 2.33. The van der Waals surface area contributed by atoms with Crippen LogP contribution in [0.4, 0.5) is 5.69 Å². The predicted molar refractivity (Wildman–Crippen MR) is 111 cm³/mol. The van der Waals surface area contributed by atoms with Crippen LogP contribution in [0.2, 0.25) is 0 Å². The second-order valence-electron chi connectivity index (χ2n) is 6.83. The van der Waals surface area contributed by atoms with Gasteiger partial charge in [-0.15, -0.1) is 10.2 Å². The molecule has 0 saturated heterocycles. The summed E-state index contributed by atoms with van der Waals surface area (Å²) in [5.74, 6) is 1.98. The Morgan fingerprint density at radius 3 is 2.68 bits per heavy atom. The molecule has 1 atom stereocenters. The quantitative estimate of drug-likeness (QED) is 0.619. The van der Waals surface area contributed by atoms with Crippen molar-refractivity contribution in [3.05, 3.63) is 54.1 Å². The summed E-state index contributed by atoms with van der Waals surface area (Å²) in [7, 11) is 3.56. The lowest BCUT2D eigenvalue weighted by Crippen LogP contribution is -2.37. The highest BCUT2D eigenvalue weighted by Gasteiger charge is 2.30. The highest BCUT2D eigenvalue weighted by atomic mass is 32.2. The van der Waals surface area contributed by atoms with Crippen LogP contribution in [-0.2, 0) is 18.3 Å². The fraction of sp³-hybridized carbons (Fsp3) is 0.286. The van der Waals surface area contributed by atoms with Crippen LogP contribution in [0.1, 0.15) is 12.5 Å². The number of nitrogens with zero attached hydrogens (tertiary/aromatic N) is 4. The summed E-state index contributed by atoms with van der Waals surface area (Å²) in [4.78, 5) is 14.8. The van der Waals surface area contributed by atoms with E-state index in [9.17, 15) is 4.79 Å². The number of hydrogen-bond donors (Lipinski definition) is 0. The number of anilines is 1. The fourth-order valence-electron chi connectivity index (χ4n) is 3.57. The summed E-state index contributed by atoms with van der Waals surface area (Å²) in [6.45, 7) is 2.09. The van der Waals surface area contributed by atoms with Crippen molar-refractivity contribution in [2.45, 2.75) is 24.5 Å². The molecule has 1 aliphatic heterocycles. The van der Waals surface area contributed by atoms with Crippen molar-refractivity contribution in [1.82, 2.24) is 14.8 Å². The number of hydrogen-bond acceptors (Lipinski definition) is 5. The van der Waals surface area contributed by atoms with Gasteiger partial charge in [0.1, 0.15) is 5.75 Å². The van der Waals surface area contributed by atoms with E-state index < -0.39 is 0 Å². The smallest absolute Gasteiger partial charge is 0.237 e. The number of carbonyl (C=O) groups is 1. The third-order valence-corrected chi connectivity index (χ3v) is 5.99. The molecule has 28 heavy (non-hydrogen) atoms. The van der Waals surface area contributed by atoms with Crippen molar-refractivity contribution in [3.63, 3.8) is 0 Å². The number of thioether (sulfide) groups is 1. The first-order chi connectivity index (χ1) is 13.6. The third-order valence-electron chi connectivity index (χ3n) is 4.98. The van der Waals surface area contributed by atoms with Crippen molar-refractivity contribution in [2.75, 3.05) is 17.8 Å². The Balaban J connectivity index is 1.47. The second-order valence-corrected chi connectivity index (χ2v) is 7.77. The molecule has 4 rings (SSSR count). The van der Waals surface area contributed by atoms with Gasteiger partial charge in [-0.2, -0.15) is 0 Å². The number of para-hydroxylation sites is 1. The predicted octanol–water partition coefficient (Wildman–Crippen LogP) is 3.56. The minimum Gasteiger partial charge on any atom is -0.497 e. The van der Waals surface area contributed by atoms with Gasteiger partial charge >= 0.3 is 0 Å². The molecule has 2 aromatic carbocycles. The summed E-state index contributed by atoms with van der Waals surface area (Å²) in [5, 5.41) is 9.29. The number of aromatic nitrogens is 3. The molecule has 1 aliphatic rings. The lowest BCUT2D eigenvalue weighted by molar-refractivity contribution is -0.116. The Hall–Kier alpha value is -2.80. The summed E-state index contributed by atoms with van der Waals surface area (Å²) >= 11 is 1.42. The van der Waals surface area contributed by atoms with Crippen LogP contribution in [0.25, 0.3) is 11.4 Å². The Morgan fingerprint density at radius 1 is 1.18 bits per heavy atom. The summed E-state index contributed by atoms with van der Waals surface area (Å²) in [5.41, 5.74) is 3.21. The first-order valence-corrected chi connectivity index (χ1v) is 10.1. The van der Waals surface area contributed by atoms with Crippen molar-refractivity contribution < 1.29 is 9.53 Å². The van der Waals surface area contributed by atoms with Crippen molar-refractivity contribution >= 4 is 23.4 Å². The topological polar surface area (TPSA) is 60.3 Å². The van der Waals surface area contributed by atoms with Crippen LogP contribution < -0.4 is 9.64 Å². The minimum atomic E-state index is 0.0939. The van der Waals surface area contributed by atoms with Crippen LogP contribution in [0.5, 0.6) is 5.75 Å². The zero-order chi connectivity index (χ0) is 19.7. The van der Waals surface area contributed by atoms with Gasteiger partial charge in [0.15, 0.2) is 11.0 Å². The summed E-state index contributed by atoms with van der Waals surface area (Å²) in [6.07, 6.45) is 0.901.